The van der Waals surface area contributed by atoms with Crippen LogP contribution in [0.25, 0.3) is 10.9 Å². The number of benzene rings is 1. The molecule has 138 valence electrons. The SMILES string of the molecule is O=[N+]([O-])c1ccc2nc(N3CCC(OCC4CCOC4)CC3)ccc2c1. The van der Waals surface area contributed by atoms with Crippen molar-refractivity contribution in [1.29, 1.82) is 0 Å². The summed E-state index contributed by atoms with van der Waals surface area (Å²) >= 11 is 0. The molecule has 26 heavy (non-hydrogen) atoms. The van der Waals surface area contributed by atoms with Gasteiger partial charge in [-0.1, -0.05) is 0 Å². The molecule has 0 bridgehead atoms. The molecular formula is C19H23N3O4. The van der Waals surface area contributed by atoms with Crippen molar-refractivity contribution >= 4 is 22.4 Å². The summed E-state index contributed by atoms with van der Waals surface area (Å²) in [6, 6.07) is 8.65. The van der Waals surface area contributed by atoms with Crippen LogP contribution in [0.4, 0.5) is 11.5 Å². The molecule has 7 heteroatoms. The number of aromatic nitrogens is 1. The number of non-ortho nitro benzene ring substituents is 1. The topological polar surface area (TPSA) is 77.7 Å². The average Bonchev–Trinajstić information content (AvgIpc) is 3.19. The van der Waals surface area contributed by atoms with E-state index in [4.69, 9.17) is 9.47 Å². The largest absolute Gasteiger partial charge is 0.381 e. The molecule has 2 aromatic rings. The molecule has 0 aliphatic carbocycles. The van der Waals surface area contributed by atoms with Gasteiger partial charge in [-0.25, -0.2) is 4.98 Å². The van der Waals surface area contributed by atoms with E-state index in [2.05, 4.69) is 9.88 Å². The first-order chi connectivity index (χ1) is 12.7. The summed E-state index contributed by atoms with van der Waals surface area (Å²) in [7, 11) is 0. The first-order valence-electron chi connectivity index (χ1n) is 9.18. The van der Waals surface area contributed by atoms with Crippen molar-refractivity contribution in [2.45, 2.75) is 25.4 Å². The van der Waals surface area contributed by atoms with Crippen LogP contribution in [0, 0.1) is 16.0 Å². The highest BCUT2D eigenvalue weighted by atomic mass is 16.6. The standard InChI is InChI=1S/C19H23N3O4/c23-22(24)16-2-3-18-15(11-16)1-4-19(20-18)21-8-5-17(6-9-21)26-13-14-7-10-25-12-14/h1-4,11,14,17H,5-10,12-13H2. The van der Waals surface area contributed by atoms with Gasteiger partial charge in [0.1, 0.15) is 5.82 Å². The monoisotopic (exact) mass is 357 g/mol. The number of pyridine rings is 1. The Labute approximate surface area is 152 Å². The molecule has 4 rings (SSSR count). The molecule has 1 atom stereocenters. The van der Waals surface area contributed by atoms with Gasteiger partial charge in [-0.2, -0.15) is 0 Å². The Kier molecular flexibility index (Phi) is 4.99. The molecule has 2 aliphatic heterocycles. The van der Waals surface area contributed by atoms with Crippen molar-refractivity contribution in [2.24, 2.45) is 5.92 Å². The predicted octanol–water partition coefficient (Wildman–Crippen LogP) is 3.16. The van der Waals surface area contributed by atoms with Gasteiger partial charge >= 0.3 is 0 Å². The van der Waals surface area contributed by atoms with Crippen LogP contribution in [0.1, 0.15) is 19.3 Å². The maximum atomic E-state index is 10.9. The number of nitrogens with zero attached hydrogens (tertiary/aromatic N) is 3. The lowest BCUT2D eigenvalue weighted by Crippen LogP contribution is -2.38. The second-order valence-corrected chi connectivity index (χ2v) is 7.05. The lowest BCUT2D eigenvalue weighted by molar-refractivity contribution is -0.384. The number of hydrogen-bond donors (Lipinski definition) is 0. The van der Waals surface area contributed by atoms with E-state index in [1.54, 1.807) is 12.1 Å². The molecule has 3 heterocycles. The highest BCUT2D eigenvalue weighted by molar-refractivity contribution is 5.82. The molecule has 0 amide bonds. The third-order valence-corrected chi connectivity index (χ3v) is 5.23. The van der Waals surface area contributed by atoms with Gasteiger partial charge in [0.05, 0.1) is 29.8 Å². The normalized spacial score (nSPS) is 21.4. The highest BCUT2D eigenvalue weighted by Gasteiger charge is 2.23. The summed E-state index contributed by atoms with van der Waals surface area (Å²) in [4.78, 5) is 17.4. The highest BCUT2D eigenvalue weighted by Crippen LogP contribution is 2.25. The van der Waals surface area contributed by atoms with Crippen LogP contribution in [-0.4, -0.2) is 48.9 Å². The first-order valence-corrected chi connectivity index (χ1v) is 9.18. The lowest BCUT2D eigenvalue weighted by Gasteiger charge is -2.33. The van der Waals surface area contributed by atoms with E-state index in [0.717, 1.165) is 68.9 Å². The molecule has 0 saturated carbocycles. The summed E-state index contributed by atoms with van der Waals surface area (Å²) in [5.41, 5.74) is 0.880. The van der Waals surface area contributed by atoms with Gasteiger partial charge in [0.25, 0.3) is 5.69 Å². The number of anilines is 1. The minimum Gasteiger partial charge on any atom is -0.381 e. The number of fused-ring (bicyclic) bond motifs is 1. The molecule has 1 aromatic heterocycles. The molecule has 2 saturated heterocycles. The third kappa shape index (κ3) is 3.78. The molecule has 0 spiro atoms. The minimum absolute atomic E-state index is 0.0951. The van der Waals surface area contributed by atoms with Crippen LogP contribution in [-0.2, 0) is 9.47 Å². The van der Waals surface area contributed by atoms with Gasteiger partial charge in [-0.3, -0.25) is 10.1 Å². The maximum Gasteiger partial charge on any atom is 0.270 e. The number of piperidine rings is 1. The van der Waals surface area contributed by atoms with Crippen LogP contribution in [0.3, 0.4) is 0 Å². The Hall–Kier alpha value is -2.25. The van der Waals surface area contributed by atoms with Crippen LogP contribution < -0.4 is 4.90 Å². The van der Waals surface area contributed by atoms with Crippen LogP contribution >= 0.6 is 0 Å². The maximum absolute atomic E-state index is 10.9. The van der Waals surface area contributed by atoms with Gasteiger partial charge < -0.3 is 14.4 Å². The first kappa shape index (κ1) is 17.2. The molecular weight excluding hydrogens is 334 g/mol. The summed E-state index contributed by atoms with van der Waals surface area (Å²) < 4.78 is 11.5. The Balaban J connectivity index is 1.36. The molecule has 2 fully saturated rings. The van der Waals surface area contributed by atoms with Crippen molar-refractivity contribution in [2.75, 3.05) is 37.8 Å². The van der Waals surface area contributed by atoms with E-state index < -0.39 is 0 Å². The van der Waals surface area contributed by atoms with E-state index >= 15 is 0 Å². The lowest BCUT2D eigenvalue weighted by atomic mass is 10.1. The van der Waals surface area contributed by atoms with Crippen LogP contribution in [0.5, 0.6) is 0 Å². The molecule has 7 nitrogen and oxygen atoms in total. The number of ether oxygens (including phenoxy) is 2. The zero-order valence-corrected chi connectivity index (χ0v) is 14.7. The summed E-state index contributed by atoms with van der Waals surface area (Å²) in [5.74, 6) is 1.48. The fraction of sp³-hybridized carbons (Fsp3) is 0.526. The third-order valence-electron chi connectivity index (χ3n) is 5.23. The second-order valence-electron chi connectivity index (χ2n) is 7.05. The summed E-state index contributed by atoms with van der Waals surface area (Å²) in [6.07, 6.45) is 3.41. The number of nitro benzene ring substituents is 1. The number of hydrogen-bond acceptors (Lipinski definition) is 6. The van der Waals surface area contributed by atoms with Crippen molar-refractivity contribution in [3.63, 3.8) is 0 Å². The predicted molar refractivity (Wildman–Crippen MR) is 98.5 cm³/mol. The zero-order valence-electron chi connectivity index (χ0n) is 14.7. The smallest absolute Gasteiger partial charge is 0.270 e. The van der Waals surface area contributed by atoms with Crippen LogP contribution in [0.2, 0.25) is 0 Å². The number of rotatable bonds is 5. The van der Waals surface area contributed by atoms with Gasteiger partial charge in [0.15, 0.2) is 0 Å². The Bertz CT molecular complexity index is 783. The van der Waals surface area contributed by atoms with E-state index in [0.29, 0.717) is 12.0 Å². The Morgan fingerprint density at radius 1 is 1.23 bits per heavy atom. The number of nitro groups is 1. The van der Waals surface area contributed by atoms with Gasteiger partial charge in [-0.05, 0) is 37.5 Å². The second kappa shape index (κ2) is 7.55. The fourth-order valence-corrected chi connectivity index (χ4v) is 3.63. The molecule has 0 N–H and O–H groups in total. The van der Waals surface area contributed by atoms with E-state index in [1.165, 1.54) is 6.07 Å². The van der Waals surface area contributed by atoms with Crippen molar-refractivity contribution in [3.05, 3.63) is 40.4 Å². The van der Waals surface area contributed by atoms with Gasteiger partial charge in [0, 0.05) is 43.1 Å². The Morgan fingerprint density at radius 2 is 2.08 bits per heavy atom. The summed E-state index contributed by atoms with van der Waals surface area (Å²) in [5, 5.41) is 11.7. The zero-order chi connectivity index (χ0) is 17.9. The van der Waals surface area contributed by atoms with Gasteiger partial charge in [-0.15, -0.1) is 0 Å². The molecule has 1 aromatic carbocycles. The van der Waals surface area contributed by atoms with E-state index in [-0.39, 0.29) is 10.6 Å². The van der Waals surface area contributed by atoms with Crippen molar-refractivity contribution in [3.8, 4) is 0 Å². The Morgan fingerprint density at radius 3 is 2.81 bits per heavy atom. The average molecular weight is 357 g/mol. The van der Waals surface area contributed by atoms with Gasteiger partial charge in [0.2, 0.25) is 0 Å². The van der Waals surface area contributed by atoms with E-state index in [9.17, 15) is 10.1 Å². The molecule has 2 aliphatic rings. The quantitative estimate of drug-likeness (QED) is 0.604. The van der Waals surface area contributed by atoms with E-state index in [1.807, 2.05) is 12.1 Å². The van der Waals surface area contributed by atoms with Crippen molar-refractivity contribution < 1.29 is 14.4 Å². The minimum atomic E-state index is -0.379. The van der Waals surface area contributed by atoms with Crippen molar-refractivity contribution in [1.82, 2.24) is 4.98 Å². The summed E-state index contributed by atoms with van der Waals surface area (Å²) in [6.45, 7) is 4.33. The molecule has 0 radical (unpaired) electrons. The fourth-order valence-electron chi connectivity index (χ4n) is 3.63. The molecule has 1 unspecified atom stereocenters. The van der Waals surface area contributed by atoms with Crippen LogP contribution in [0.15, 0.2) is 30.3 Å².